The number of hydrogen-bond acceptors (Lipinski definition) is 4. The average molecular weight is 326 g/mol. The zero-order valence-corrected chi connectivity index (χ0v) is 13.6. The fraction of sp³-hybridized carbons (Fsp3) is 0.118. The fourth-order valence-corrected chi connectivity index (χ4v) is 2.63. The molecule has 0 amide bonds. The molecule has 3 aromatic rings. The monoisotopic (exact) mass is 325 g/mol. The Morgan fingerprint density at radius 2 is 2.04 bits per heavy atom. The van der Waals surface area contributed by atoms with E-state index in [9.17, 15) is 0 Å². The zero-order valence-electron chi connectivity index (χ0n) is 12.8. The van der Waals surface area contributed by atoms with Gasteiger partial charge in [0, 0.05) is 35.5 Å². The Hall–Kier alpha value is -2.66. The summed E-state index contributed by atoms with van der Waals surface area (Å²) in [5.41, 5.74) is 11.4. The summed E-state index contributed by atoms with van der Waals surface area (Å²) >= 11 is 6.16. The molecule has 0 atom stereocenters. The minimum absolute atomic E-state index is 0.427. The second-order valence-electron chi connectivity index (χ2n) is 5.19. The number of aliphatic imine (C=N–C) groups is 1. The number of aromatic nitrogens is 3. The van der Waals surface area contributed by atoms with Crippen LogP contribution in [0.15, 0.2) is 41.7 Å². The first-order chi connectivity index (χ1) is 11.1. The summed E-state index contributed by atoms with van der Waals surface area (Å²) in [5, 5.41) is 0.687. The number of nitrogen functional groups attached to an aromatic ring is 1. The Morgan fingerprint density at radius 1 is 1.22 bits per heavy atom. The van der Waals surface area contributed by atoms with Crippen LogP contribution in [0.25, 0.3) is 22.6 Å². The molecule has 0 aliphatic carbocycles. The average Bonchev–Trinajstić information content (AvgIpc) is 2.94. The van der Waals surface area contributed by atoms with Gasteiger partial charge >= 0.3 is 0 Å². The number of hydrogen-bond donors (Lipinski definition) is 2. The van der Waals surface area contributed by atoms with Crippen molar-refractivity contribution in [1.82, 2.24) is 15.0 Å². The molecule has 0 aliphatic rings. The molecule has 0 saturated carbocycles. The molecule has 2 heterocycles. The number of halogens is 1. The molecule has 0 bridgehead atoms. The Balaban J connectivity index is 2.19. The Morgan fingerprint density at radius 3 is 2.78 bits per heavy atom. The molecule has 0 fully saturated rings. The maximum Gasteiger partial charge on any atom is 0.127 e. The molecule has 0 radical (unpaired) electrons. The highest BCUT2D eigenvalue weighted by Gasteiger charge is 2.13. The van der Waals surface area contributed by atoms with E-state index in [0.717, 1.165) is 33.8 Å². The lowest BCUT2D eigenvalue weighted by Crippen LogP contribution is -1.92. The van der Waals surface area contributed by atoms with E-state index in [1.807, 2.05) is 31.2 Å². The van der Waals surface area contributed by atoms with Gasteiger partial charge in [-0.3, -0.25) is 4.99 Å². The van der Waals surface area contributed by atoms with Crippen LogP contribution in [0.5, 0.6) is 0 Å². The van der Waals surface area contributed by atoms with Crippen molar-refractivity contribution in [2.24, 2.45) is 4.99 Å². The van der Waals surface area contributed by atoms with E-state index in [0.29, 0.717) is 10.8 Å². The summed E-state index contributed by atoms with van der Waals surface area (Å²) < 4.78 is 0. The number of aromatic amines is 1. The molecule has 3 rings (SSSR count). The van der Waals surface area contributed by atoms with Crippen LogP contribution >= 0.6 is 11.6 Å². The number of aryl methyl sites for hydroxylation is 1. The smallest absolute Gasteiger partial charge is 0.127 e. The summed E-state index contributed by atoms with van der Waals surface area (Å²) in [6, 6.07) is 9.53. The number of H-pyrrole nitrogens is 1. The minimum Gasteiger partial charge on any atom is -0.384 e. The Kier molecular flexibility index (Phi) is 4.12. The van der Waals surface area contributed by atoms with Crippen LogP contribution in [0, 0.1) is 6.92 Å². The third-order valence-electron chi connectivity index (χ3n) is 3.55. The first-order valence-electron chi connectivity index (χ1n) is 7.08. The van der Waals surface area contributed by atoms with Crippen molar-refractivity contribution in [2.45, 2.75) is 6.92 Å². The number of nitrogens with one attached hydrogen (secondary N) is 1. The van der Waals surface area contributed by atoms with Crippen molar-refractivity contribution in [3.05, 3.63) is 52.8 Å². The number of nitrogens with zero attached hydrogens (tertiary/aromatic N) is 3. The summed E-state index contributed by atoms with van der Waals surface area (Å²) in [6.07, 6.45) is 3.25. The van der Waals surface area contributed by atoms with Crippen molar-refractivity contribution < 1.29 is 0 Å². The highest BCUT2D eigenvalue weighted by atomic mass is 35.5. The normalized spacial score (nSPS) is 11.3. The molecule has 0 spiro atoms. The second-order valence-corrected chi connectivity index (χ2v) is 5.62. The predicted octanol–water partition coefficient (Wildman–Crippen LogP) is 3.73. The summed E-state index contributed by atoms with van der Waals surface area (Å²) in [6.45, 7) is 2.04. The van der Waals surface area contributed by atoms with Gasteiger partial charge in [0.15, 0.2) is 0 Å². The zero-order chi connectivity index (χ0) is 16.4. The Labute approximate surface area is 139 Å². The standard InChI is InChI=1S/C17H16ClN5/c1-10-3-4-12(18)6-13(10)17-11(8-20-2)5-15(23-17)14-7-16(19)22-9-21-14/h3-9,23H,1-2H3,(H2,19,21,22). The van der Waals surface area contributed by atoms with Crippen molar-refractivity contribution in [1.29, 1.82) is 0 Å². The SMILES string of the molecule is CN=Cc1cc(-c2cc(N)ncn2)[nH]c1-c1cc(Cl)ccc1C. The van der Waals surface area contributed by atoms with E-state index in [1.165, 1.54) is 6.33 Å². The van der Waals surface area contributed by atoms with E-state index in [4.69, 9.17) is 17.3 Å². The molecular weight excluding hydrogens is 310 g/mol. The molecule has 5 nitrogen and oxygen atoms in total. The van der Waals surface area contributed by atoms with Gasteiger partial charge in [0.2, 0.25) is 0 Å². The molecule has 0 aliphatic heterocycles. The van der Waals surface area contributed by atoms with Gasteiger partial charge in [-0.05, 0) is 30.7 Å². The maximum absolute atomic E-state index is 6.16. The summed E-state index contributed by atoms with van der Waals surface area (Å²) in [5.74, 6) is 0.427. The molecule has 3 N–H and O–H groups in total. The summed E-state index contributed by atoms with van der Waals surface area (Å²) in [4.78, 5) is 15.7. The maximum atomic E-state index is 6.16. The number of anilines is 1. The molecule has 6 heteroatoms. The van der Waals surface area contributed by atoms with E-state index >= 15 is 0 Å². The lowest BCUT2D eigenvalue weighted by molar-refractivity contribution is 1.17. The van der Waals surface area contributed by atoms with Crippen molar-refractivity contribution >= 4 is 23.6 Å². The van der Waals surface area contributed by atoms with Gasteiger partial charge in [0.25, 0.3) is 0 Å². The number of nitrogens with two attached hydrogens (primary N) is 1. The number of benzene rings is 1. The van der Waals surface area contributed by atoms with Crippen LogP contribution in [0.4, 0.5) is 5.82 Å². The quantitative estimate of drug-likeness (QED) is 0.720. The van der Waals surface area contributed by atoms with Gasteiger partial charge in [-0.15, -0.1) is 0 Å². The minimum atomic E-state index is 0.427. The third-order valence-corrected chi connectivity index (χ3v) is 3.78. The van der Waals surface area contributed by atoms with Crippen molar-refractivity contribution in [3.63, 3.8) is 0 Å². The van der Waals surface area contributed by atoms with Crippen LogP contribution in [0.1, 0.15) is 11.1 Å². The van der Waals surface area contributed by atoms with Crippen LogP contribution in [-0.4, -0.2) is 28.2 Å². The molecule has 2 aromatic heterocycles. The van der Waals surface area contributed by atoms with Crippen LogP contribution in [-0.2, 0) is 0 Å². The van der Waals surface area contributed by atoms with E-state index in [1.54, 1.807) is 19.3 Å². The molecular formula is C17H16ClN5. The molecule has 116 valence electrons. The molecule has 0 saturated heterocycles. The first kappa shape index (κ1) is 15.2. The van der Waals surface area contributed by atoms with Gasteiger partial charge in [-0.1, -0.05) is 17.7 Å². The van der Waals surface area contributed by atoms with Gasteiger partial charge in [0.1, 0.15) is 12.1 Å². The van der Waals surface area contributed by atoms with Crippen molar-refractivity contribution in [3.8, 4) is 22.6 Å². The number of rotatable bonds is 3. The summed E-state index contributed by atoms with van der Waals surface area (Å²) in [7, 11) is 1.74. The van der Waals surface area contributed by atoms with E-state index < -0.39 is 0 Å². The highest BCUT2D eigenvalue weighted by Crippen LogP contribution is 2.31. The van der Waals surface area contributed by atoms with Crippen LogP contribution in [0.3, 0.4) is 0 Å². The molecule has 23 heavy (non-hydrogen) atoms. The lowest BCUT2D eigenvalue weighted by Gasteiger charge is -2.06. The van der Waals surface area contributed by atoms with Gasteiger partial charge < -0.3 is 10.7 Å². The molecule has 1 aromatic carbocycles. The predicted molar refractivity (Wildman–Crippen MR) is 94.9 cm³/mol. The van der Waals surface area contributed by atoms with E-state index in [2.05, 4.69) is 19.9 Å². The highest BCUT2D eigenvalue weighted by molar-refractivity contribution is 6.30. The van der Waals surface area contributed by atoms with E-state index in [-0.39, 0.29) is 0 Å². The lowest BCUT2D eigenvalue weighted by atomic mass is 10.0. The third kappa shape index (κ3) is 3.10. The second kappa shape index (κ2) is 6.22. The first-order valence-corrected chi connectivity index (χ1v) is 7.46. The fourth-order valence-electron chi connectivity index (χ4n) is 2.46. The van der Waals surface area contributed by atoms with Crippen LogP contribution in [0.2, 0.25) is 5.02 Å². The largest absolute Gasteiger partial charge is 0.384 e. The van der Waals surface area contributed by atoms with Gasteiger partial charge in [-0.2, -0.15) is 0 Å². The van der Waals surface area contributed by atoms with Gasteiger partial charge in [0.05, 0.1) is 17.1 Å². The molecule has 0 unspecified atom stereocenters. The topological polar surface area (TPSA) is 79.9 Å². The van der Waals surface area contributed by atoms with Gasteiger partial charge in [-0.25, -0.2) is 9.97 Å². The Bertz CT molecular complexity index is 882. The van der Waals surface area contributed by atoms with Crippen molar-refractivity contribution in [2.75, 3.05) is 12.8 Å². The van der Waals surface area contributed by atoms with Crippen LogP contribution < -0.4 is 5.73 Å².